The third-order valence-corrected chi connectivity index (χ3v) is 5.86. The fraction of sp³-hybridized carbons (Fsp3) is 0.316. The lowest BCUT2D eigenvalue weighted by molar-refractivity contribution is 0.0710. The molecule has 6 nitrogen and oxygen atoms in total. The van der Waals surface area contributed by atoms with Gasteiger partial charge in [-0.2, -0.15) is 0 Å². The molecule has 0 radical (unpaired) electrons. The van der Waals surface area contributed by atoms with Crippen molar-refractivity contribution >= 4 is 34.0 Å². The second-order valence-electron chi connectivity index (χ2n) is 6.67. The zero-order valence-electron chi connectivity index (χ0n) is 15.6. The second kappa shape index (κ2) is 8.89. The number of benzene rings is 2. The molecule has 1 unspecified atom stereocenters. The number of piperazine rings is 1. The highest BCUT2D eigenvalue weighted by Gasteiger charge is 2.25. The first-order valence-electron chi connectivity index (χ1n) is 8.68. The molecule has 0 bridgehead atoms. The number of hydrogen-bond acceptors (Lipinski definition) is 4. The van der Waals surface area contributed by atoms with E-state index in [1.807, 2.05) is 6.92 Å². The van der Waals surface area contributed by atoms with Crippen LogP contribution in [0.4, 0.5) is 10.1 Å². The van der Waals surface area contributed by atoms with E-state index in [-0.39, 0.29) is 46.1 Å². The monoisotopic (exact) mass is 427 g/mol. The fourth-order valence-corrected chi connectivity index (χ4v) is 4.20. The third kappa shape index (κ3) is 4.81. The average molecular weight is 428 g/mol. The largest absolute Gasteiger partial charge is 0.336 e. The Morgan fingerprint density at radius 3 is 2.64 bits per heavy atom. The Hall–Kier alpha value is -2.16. The highest BCUT2D eigenvalue weighted by Crippen LogP contribution is 2.23. The van der Waals surface area contributed by atoms with Gasteiger partial charge in [-0.15, -0.1) is 12.4 Å². The van der Waals surface area contributed by atoms with Crippen molar-refractivity contribution in [3.63, 3.8) is 0 Å². The van der Waals surface area contributed by atoms with Crippen molar-refractivity contribution in [2.45, 2.75) is 24.8 Å². The summed E-state index contributed by atoms with van der Waals surface area (Å²) < 4.78 is 41.3. The van der Waals surface area contributed by atoms with Crippen LogP contribution in [0.2, 0.25) is 0 Å². The minimum atomic E-state index is -3.95. The van der Waals surface area contributed by atoms with Crippen LogP contribution < -0.4 is 10.0 Å². The first kappa shape index (κ1) is 22.1. The highest BCUT2D eigenvalue weighted by molar-refractivity contribution is 7.92. The standard InChI is InChI=1S/C19H22FN3O3S.ClH/c1-13-11-15(7-8-17(13)20)27(25,26)22-18-6-4-3-5-16(18)19(24)23-10-9-21-14(2)12-23;/h3-8,11,14,21-22H,9-10,12H2,1-2H3;1H. The quantitative estimate of drug-likeness (QED) is 0.786. The van der Waals surface area contributed by atoms with Gasteiger partial charge in [0.1, 0.15) is 5.82 Å². The van der Waals surface area contributed by atoms with Gasteiger partial charge < -0.3 is 10.2 Å². The number of amides is 1. The van der Waals surface area contributed by atoms with E-state index in [0.29, 0.717) is 19.6 Å². The lowest BCUT2D eigenvalue weighted by atomic mass is 10.1. The molecule has 152 valence electrons. The fourth-order valence-electron chi connectivity index (χ4n) is 3.03. The number of hydrogen-bond donors (Lipinski definition) is 2. The SMILES string of the molecule is Cc1cc(S(=O)(=O)Nc2ccccc2C(=O)N2CCNC(C)C2)ccc1F.Cl. The molecule has 2 N–H and O–H groups in total. The predicted molar refractivity (Wildman–Crippen MR) is 109 cm³/mol. The minimum Gasteiger partial charge on any atom is -0.336 e. The van der Waals surface area contributed by atoms with E-state index in [1.54, 1.807) is 29.2 Å². The summed E-state index contributed by atoms with van der Waals surface area (Å²) in [5.41, 5.74) is 0.724. The summed E-state index contributed by atoms with van der Waals surface area (Å²) >= 11 is 0. The summed E-state index contributed by atoms with van der Waals surface area (Å²) in [7, 11) is -3.95. The van der Waals surface area contributed by atoms with Crippen LogP contribution in [-0.2, 0) is 10.0 Å². The van der Waals surface area contributed by atoms with Gasteiger partial charge in [0, 0.05) is 25.7 Å². The van der Waals surface area contributed by atoms with E-state index < -0.39 is 15.8 Å². The Labute approximate surface area is 170 Å². The van der Waals surface area contributed by atoms with Crippen LogP contribution in [0.25, 0.3) is 0 Å². The number of aryl methyl sites for hydroxylation is 1. The van der Waals surface area contributed by atoms with E-state index in [0.717, 1.165) is 6.07 Å². The molecule has 9 heteroatoms. The molecule has 1 aliphatic heterocycles. The summed E-state index contributed by atoms with van der Waals surface area (Å²) in [6.45, 7) is 5.29. The number of nitrogens with zero attached hydrogens (tertiary/aromatic N) is 1. The van der Waals surface area contributed by atoms with Crippen molar-refractivity contribution in [1.29, 1.82) is 0 Å². The maximum atomic E-state index is 13.5. The molecular formula is C19H23ClFN3O3S. The molecule has 2 aromatic carbocycles. The third-order valence-electron chi connectivity index (χ3n) is 4.50. The molecule has 1 heterocycles. The number of halogens is 2. The summed E-state index contributed by atoms with van der Waals surface area (Å²) in [5.74, 6) is -0.700. The van der Waals surface area contributed by atoms with E-state index in [9.17, 15) is 17.6 Å². The Bertz CT molecular complexity index is 969. The molecule has 1 atom stereocenters. The van der Waals surface area contributed by atoms with Crippen LogP contribution in [0.3, 0.4) is 0 Å². The molecule has 1 amide bonds. The minimum absolute atomic E-state index is 0. The summed E-state index contributed by atoms with van der Waals surface area (Å²) in [5, 5.41) is 3.27. The summed E-state index contributed by atoms with van der Waals surface area (Å²) in [6.07, 6.45) is 0. The van der Waals surface area contributed by atoms with Gasteiger partial charge in [0.2, 0.25) is 0 Å². The normalized spacial score (nSPS) is 17.0. The van der Waals surface area contributed by atoms with Gasteiger partial charge >= 0.3 is 0 Å². The number of sulfonamides is 1. The van der Waals surface area contributed by atoms with Gasteiger partial charge in [-0.3, -0.25) is 9.52 Å². The van der Waals surface area contributed by atoms with E-state index in [4.69, 9.17) is 0 Å². The average Bonchev–Trinajstić information content (AvgIpc) is 2.63. The van der Waals surface area contributed by atoms with Gasteiger partial charge in [0.25, 0.3) is 15.9 Å². The predicted octanol–water partition coefficient (Wildman–Crippen LogP) is 2.79. The zero-order chi connectivity index (χ0) is 19.6. The van der Waals surface area contributed by atoms with Gasteiger partial charge in [-0.1, -0.05) is 12.1 Å². The first-order valence-corrected chi connectivity index (χ1v) is 10.2. The molecule has 28 heavy (non-hydrogen) atoms. The van der Waals surface area contributed by atoms with Crippen molar-refractivity contribution in [3.8, 4) is 0 Å². The maximum absolute atomic E-state index is 13.5. The van der Waals surface area contributed by atoms with Crippen LogP contribution in [0.1, 0.15) is 22.8 Å². The van der Waals surface area contributed by atoms with E-state index in [1.165, 1.54) is 19.1 Å². The molecule has 1 fully saturated rings. The molecule has 0 aliphatic carbocycles. The molecule has 2 aromatic rings. The van der Waals surface area contributed by atoms with Crippen molar-refractivity contribution in [2.75, 3.05) is 24.4 Å². The van der Waals surface area contributed by atoms with Crippen LogP contribution in [-0.4, -0.2) is 44.9 Å². The number of rotatable bonds is 4. The van der Waals surface area contributed by atoms with Crippen molar-refractivity contribution < 1.29 is 17.6 Å². The van der Waals surface area contributed by atoms with Gasteiger partial charge in [-0.25, -0.2) is 12.8 Å². The van der Waals surface area contributed by atoms with Crippen molar-refractivity contribution in [3.05, 3.63) is 59.4 Å². The van der Waals surface area contributed by atoms with Gasteiger partial charge in [-0.05, 0) is 49.7 Å². The van der Waals surface area contributed by atoms with Crippen LogP contribution in [0, 0.1) is 12.7 Å². The Balaban J connectivity index is 0.00000280. The second-order valence-corrected chi connectivity index (χ2v) is 8.35. The topological polar surface area (TPSA) is 78.5 Å². The molecular weight excluding hydrogens is 405 g/mol. The van der Waals surface area contributed by atoms with Gasteiger partial charge in [0.05, 0.1) is 16.1 Å². The summed E-state index contributed by atoms with van der Waals surface area (Å²) in [6, 6.07) is 10.3. The lowest BCUT2D eigenvalue weighted by Gasteiger charge is -2.32. The molecule has 1 saturated heterocycles. The smallest absolute Gasteiger partial charge is 0.261 e. The molecule has 0 spiro atoms. The van der Waals surface area contributed by atoms with Gasteiger partial charge in [0.15, 0.2) is 0 Å². The lowest BCUT2D eigenvalue weighted by Crippen LogP contribution is -2.51. The van der Waals surface area contributed by atoms with E-state index in [2.05, 4.69) is 10.0 Å². The van der Waals surface area contributed by atoms with Crippen LogP contribution in [0.5, 0.6) is 0 Å². The number of para-hydroxylation sites is 1. The number of carbonyl (C=O) groups excluding carboxylic acids is 1. The number of nitrogens with one attached hydrogen (secondary N) is 2. The van der Waals surface area contributed by atoms with Crippen LogP contribution in [0.15, 0.2) is 47.4 Å². The first-order chi connectivity index (χ1) is 12.8. The van der Waals surface area contributed by atoms with Crippen molar-refractivity contribution in [1.82, 2.24) is 10.2 Å². The Morgan fingerprint density at radius 1 is 1.25 bits per heavy atom. The van der Waals surface area contributed by atoms with Crippen molar-refractivity contribution in [2.24, 2.45) is 0 Å². The number of anilines is 1. The Kier molecular flexibility index (Phi) is 7.03. The molecule has 0 aromatic heterocycles. The summed E-state index contributed by atoms with van der Waals surface area (Å²) in [4.78, 5) is 14.5. The van der Waals surface area contributed by atoms with E-state index >= 15 is 0 Å². The molecule has 3 rings (SSSR count). The molecule has 0 saturated carbocycles. The number of carbonyl (C=O) groups is 1. The molecule has 1 aliphatic rings. The van der Waals surface area contributed by atoms with Crippen LogP contribution >= 0.6 is 12.4 Å². The highest BCUT2D eigenvalue weighted by atomic mass is 35.5. The maximum Gasteiger partial charge on any atom is 0.261 e. The Morgan fingerprint density at radius 2 is 1.96 bits per heavy atom. The zero-order valence-corrected chi connectivity index (χ0v) is 17.2.